The molecule has 0 radical (unpaired) electrons. The van der Waals surface area contributed by atoms with Crippen molar-refractivity contribution in [1.82, 2.24) is 5.32 Å². The molecular weight excluding hydrogens is 397 g/mol. The smallest absolute Gasteiger partial charge is 0.422 e. The number of alkyl halides is 3. The van der Waals surface area contributed by atoms with E-state index in [0.29, 0.717) is 5.56 Å². The number of carbonyl (C=O) groups is 2. The predicted octanol–water partition coefficient (Wildman–Crippen LogP) is 4.68. The van der Waals surface area contributed by atoms with E-state index in [1.54, 1.807) is 18.2 Å². The van der Waals surface area contributed by atoms with Gasteiger partial charge < -0.3 is 15.4 Å². The number of halogens is 3. The van der Waals surface area contributed by atoms with Crippen molar-refractivity contribution in [2.24, 2.45) is 0 Å². The number of para-hydroxylation sites is 2. The molecule has 1 unspecified atom stereocenters. The molecule has 2 rings (SSSR count). The van der Waals surface area contributed by atoms with Gasteiger partial charge in [0.25, 0.3) is 5.91 Å². The van der Waals surface area contributed by atoms with E-state index < -0.39 is 30.6 Å². The Morgan fingerprint density at radius 2 is 1.60 bits per heavy atom. The van der Waals surface area contributed by atoms with Gasteiger partial charge in [0.1, 0.15) is 11.8 Å². The summed E-state index contributed by atoms with van der Waals surface area (Å²) in [6, 6.07) is 11.9. The average Bonchev–Trinajstić information content (AvgIpc) is 2.66. The molecule has 0 saturated heterocycles. The van der Waals surface area contributed by atoms with Gasteiger partial charge >= 0.3 is 6.18 Å². The third kappa shape index (κ3) is 6.79. The van der Waals surface area contributed by atoms with Crippen LogP contribution in [0.2, 0.25) is 0 Å². The lowest BCUT2D eigenvalue weighted by Crippen LogP contribution is -2.41. The first-order valence-electron chi connectivity index (χ1n) is 9.37. The first-order valence-corrected chi connectivity index (χ1v) is 9.37. The molecule has 0 aromatic heterocycles. The van der Waals surface area contributed by atoms with E-state index in [4.69, 9.17) is 4.74 Å². The van der Waals surface area contributed by atoms with Gasteiger partial charge in [-0.25, -0.2) is 0 Å². The maximum Gasteiger partial charge on any atom is 0.422 e. The van der Waals surface area contributed by atoms with Crippen LogP contribution in [0.5, 0.6) is 5.75 Å². The molecule has 0 spiro atoms. The maximum absolute atomic E-state index is 12.4. The lowest BCUT2D eigenvalue weighted by Gasteiger charge is -2.19. The lowest BCUT2D eigenvalue weighted by molar-refractivity contribution is -0.153. The van der Waals surface area contributed by atoms with Crippen molar-refractivity contribution in [1.29, 1.82) is 0 Å². The molecule has 0 aliphatic rings. The van der Waals surface area contributed by atoms with Crippen molar-refractivity contribution in [2.75, 3.05) is 11.9 Å². The lowest BCUT2D eigenvalue weighted by atomic mass is 9.86. The van der Waals surface area contributed by atoms with Crippen molar-refractivity contribution in [3.05, 3.63) is 59.7 Å². The highest BCUT2D eigenvalue weighted by molar-refractivity contribution is 6.01. The van der Waals surface area contributed by atoms with E-state index >= 15 is 0 Å². The summed E-state index contributed by atoms with van der Waals surface area (Å²) >= 11 is 0. The minimum Gasteiger partial charge on any atom is -0.482 e. The zero-order valence-corrected chi connectivity index (χ0v) is 17.3. The van der Waals surface area contributed by atoms with Crippen molar-refractivity contribution in [3.8, 4) is 5.75 Å². The van der Waals surface area contributed by atoms with Crippen LogP contribution in [0.15, 0.2) is 48.5 Å². The van der Waals surface area contributed by atoms with E-state index in [9.17, 15) is 22.8 Å². The molecule has 8 heteroatoms. The van der Waals surface area contributed by atoms with Gasteiger partial charge in [-0.15, -0.1) is 0 Å². The van der Waals surface area contributed by atoms with Gasteiger partial charge in [0.05, 0.1) is 5.69 Å². The number of amides is 2. The second kappa shape index (κ2) is 9.19. The summed E-state index contributed by atoms with van der Waals surface area (Å²) in [6.07, 6.45) is -4.50. The molecule has 0 heterocycles. The number of hydrogen-bond acceptors (Lipinski definition) is 3. The Balaban J connectivity index is 2.00. The van der Waals surface area contributed by atoms with Crippen LogP contribution in [0.3, 0.4) is 0 Å². The Hall–Kier alpha value is -3.03. The number of hydrogen-bond donors (Lipinski definition) is 2. The highest BCUT2D eigenvalue weighted by Gasteiger charge is 2.29. The van der Waals surface area contributed by atoms with Crippen LogP contribution in [0, 0.1) is 0 Å². The first kappa shape index (κ1) is 23.3. The van der Waals surface area contributed by atoms with Gasteiger partial charge in [-0.05, 0) is 42.2 Å². The van der Waals surface area contributed by atoms with Crippen LogP contribution < -0.4 is 15.4 Å². The monoisotopic (exact) mass is 422 g/mol. The summed E-state index contributed by atoms with van der Waals surface area (Å²) in [5.74, 6) is -1.13. The van der Waals surface area contributed by atoms with E-state index in [1.807, 2.05) is 12.1 Å². The van der Waals surface area contributed by atoms with Gasteiger partial charge in [-0.1, -0.05) is 45.0 Å². The zero-order chi connectivity index (χ0) is 22.5. The molecule has 30 heavy (non-hydrogen) atoms. The molecular formula is C22H25F3N2O3. The van der Waals surface area contributed by atoms with Crippen LogP contribution >= 0.6 is 0 Å². The largest absolute Gasteiger partial charge is 0.482 e. The van der Waals surface area contributed by atoms with E-state index in [-0.39, 0.29) is 16.9 Å². The van der Waals surface area contributed by atoms with Crippen molar-refractivity contribution >= 4 is 17.5 Å². The fourth-order valence-corrected chi connectivity index (χ4v) is 2.56. The Labute approximate surface area is 173 Å². The summed E-state index contributed by atoms with van der Waals surface area (Å²) in [7, 11) is 0. The topological polar surface area (TPSA) is 67.4 Å². The second-order valence-corrected chi connectivity index (χ2v) is 7.91. The quantitative estimate of drug-likeness (QED) is 0.710. The third-order valence-electron chi connectivity index (χ3n) is 4.29. The second-order valence-electron chi connectivity index (χ2n) is 7.91. The van der Waals surface area contributed by atoms with Crippen LogP contribution in [0.25, 0.3) is 0 Å². The third-order valence-corrected chi connectivity index (χ3v) is 4.29. The highest BCUT2D eigenvalue weighted by atomic mass is 19.4. The van der Waals surface area contributed by atoms with Crippen molar-refractivity contribution < 1.29 is 27.5 Å². The molecule has 162 valence electrons. The van der Waals surface area contributed by atoms with Crippen LogP contribution in [0.1, 0.15) is 43.6 Å². The fraction of sp³-hybridized carbons (Fsp3) is 0.364. The summed E-state index contributed by atoms with van der Waals surface area (Å²) in [6.45, 7) is 6.19. The van der Waals surface area contributed by atoms with E-state index in [2.05, 4.69) is 31.4 Å². The van der Waals surface area contributed by atoms with Crippen molar-refractivity contribution in [3.63, 3.8) is 0 Å². The van der Waals surface area contributed by atoms with E-state index in [1.165, 1.54) is 25.1 Å². The Morgan fingerprint density at radius 3 is 2.17 bits per heavy atom. The van der Waals surface area contributed by atoms with Crippen LogP contribution in [-0.2, 0) is 10.2 Å². The molecule has 0 aliphatic carbocycles. The minimum absolute atomic E-state index is 0.0518. The Kier molecular flexibility index (Phi) is 7.12. The normalized spacial score (nSPS) is 12.8. The van der Waals surface area contributed by atoms with Gasteiger partial charge in [-0.2, -0.15) is 13.2 Å². The van der Waals surface area contributed by atoms with E-state index in [0.717, 1.165) is 5.56 Å². The molecule has 0 bridgehead atoms. The summed E-state index contributed by atoms with van der Waals surface area (Å²) in [5.41, 5.74) is 1.50. The highest BCUT2D eigenvalue weighted by Crippen LogP contribution is 2.26. The molecule has 0 fully saturated rings. The van der Waals surface area contributed by atoms with Crippen molar-refractivity contribution in [2.45, 2.75) is 45.3 Å². The number of carbonyl (C=O) groups excluding carboxylic acids is 2. The molecule has 0 saturated carbocycles. The molecule has 2 N–H and O–H groups in total. The summed E-state index contributed by atoms with van der Waals surface area (Å²) < 4.78 is 41.9. The van der Waals surface area contributed by atoms with Gasteiger partial charge in [0.15, 0.2) is 6.61 Å². The maximum atomic E-state index is 12.4. The minimum atomic E-state index is -4.50. The molecule has 0 aliphatic heterocycles. The predicted molar refractivity (Wildman–Crippen MR) is 109 cm³/mol. The Bertz CT molecular complexity index is 888. The zero-order valence-electron chi connectivity index (χ0n) is 17.3. The van der Waals surface area contributed by atoms with Crippen LogP contribution in [0.4, 0.5) is 18.9 Å². The molecule has 2 amide bonds. The molecule has 5 nitrogen and oxygen atoms in total. The Morgan fingerprint density at radius 1 is 1.00 bits per heavy atom. The first-order chi connectivity index (χ1) is 13.9. The number of benzene rings is 2. The number of ether oxygens (including phenoxy) is 1. The van der Waals surface area contributed by atoms with Gasteiger partial charge in [0, 0.05) is 5.56 Å². The SMILES string of the molecule is CC(NC(=O)c1ccc(C(C)(C)C)cc1)C(=O)Nc1ccccc1OCC(F)(F)F. The molecule has 2 aromatic rings. The standard InChI is InChI=1S/C22H25F3N2O3/c1-14(26-20(29)15-9-11-16(12-10-15)21(2,3)4)19(28)27-17-7-5-6-8-18(17)30-13-22(23,24)25/h5-12,14H,13H2,1-4H3,(H,26,29)(H,27,28). The number of anilines is 1. The van der Waals surface area contributed by atoms with Gasteiger partial charge in [0.2, 0.25) is 5.91 Å². The number of nitrogens with one attached hydrogen (secondary N) is 2. The average molecular weight is 422 g/mol. The number of rotatable bonds is 6. The summed E-state index contributed by atoms with van der Waals surface area (Å²) in [4.78, 5) is 24.8. The summed E-state index contributed by atoms with van der Waals surface area (Å²) in [5, 5.41) is 5.06. The fourth-order valence-electron chi connectivity index (χ4n) is 2.56. The molecule has 2 aromatic carbocycles. The van der Waals surface area contributed by atoms with Gasteiger partial charge in [-0.3, -0.25) is 9.59 Å². The molecule has 1 atom stereocenters. The van der Waals surface area contributed by atoms with Crippen LogP contribution in [-0.4, -0.2) is 30.6 Å².